The molecule has 1 nitrogen and oxygen atoms in total. The smallest absolute Gasteiger partial charge is 0.138 e. The van der Waals surface area contributed by atoms with Gasteiger partial charge in [0.05, 0.1) is 0 Å². The Labute approximate surface area is 95.0 Å². The van der Waals surface area contributed by atoms with Gasteiger partial charge in [0.2, 0.25) is 0 Å². The summed E-state index contributed by atoms with van der Waals surface area (Å²) in [4.78, 5) is 11.8. The van der Waals surface area contributed by atoms with Gasteiger partial charge in [-0.05, 0) is 19.3 Å². The second kappa shape index (κ2) is 6.09. The first-order chi connectivity index (χ1) is 6.79. The highest BCUT2D eigenvalue weighted by Gasteiger charge is 2.23. The molecule has 0 aliphatic rings. The van der Waals surface area contributed by atoms with Crippen molar-refractivity contribution in [3.63, 3.8) is 0 Å². The zero-order chi connectivity index (χ0) is 12.1. The number of hydrogen-bond donors (Lipinski definition) is 0. The number of hydrogen-bond acceptors (Lipinski definition) is 1. The van der Waals surface area contributed by atoms with E-state index in [1.807, 2.05) is 20.8 Å². The molecule has 0 heterocycles. The molecule has 0 rings (SSSR count). The van der Waals surface area contributed by atoms with Crippen LogP contribution in [0.4, 0.5) is 0 Å². The normalized spacial score (nSPS) is 15.2. The SMILES string of the molecule is CCC/C=C(\C)C(C)CC(=O)C(C)(C)C. The molecule has 1 unspecified atom stereocenters. The van der Waals surface area contributed by atoms with E-state index in [-0.39, 0.29) is 5.41 Å². The molecule has 0 aromatic heterocycles. The highest BCUT2D eigenvalue weighted by Crippen LogP contribution is 2.23. The molecule has 0 amide bonds. The lowest BCUT2D eigenvalue weighted by molar-refractivity contribution is -0.126. The summed E-state index contributed by atoms with van der Waals surface area (Å²) in [6, 6.07) is 0. The fraction of sp³-hybridized carbons (Fsp3) is 0.786. The Hall–Kier alpha value is -0.590. The molecule has 15 heavy (non-hydrogen) atoms. The van der Waals surface area contributed by atoms with Crippen LogP contribution in [0.1, 0.15) is 60.8 Å². The van der Waals surface area contributed by atoms with E-state index in [4.69, 9.17) is 0 Å². The van der Waals surface area contributed by atoms with Crippen LogP contribution in [0.25, 0.3) is 0 Å². The van der Waals surface area contributed by atoms with Crippen LogP contribution in [0.2, 0.25) is 0 Å². The Morgan fingerprint density at radius 1 is 1.33 bits per heavy atom. The average molecular weight is 210 g/mol. The summed E-state index contributed by atoms with van der Waals surface area (Å²) in [6.07, 6.45) is 5.24. The van der Waals surface area contributed by atoms with Crippen molar-refractivity contribution in [2.75, 3.05) is 0 Å². The predicted molar refractivity (Wildman–Crippen MR) is 66.9 cm³/mol. The number of ketones is 1. The van der Waals surface area contributed by atoms with Crippen LogP contribution in [0, 0.1) is 11.3 Å². The van der Waals surface area contributed by atoms with Crippen molar-refractivity contribution in [2.24, 2.45) is 11.3 Å². The van der Waals surface area contributed by atoms with Crippen molar-refractivity contribution < 1.29 is 4.79 Å². The summed E-state index contributed by atoms with van der Waals surface area (Å²) < 4.78 is 0. The van der Waals surface area contributed by atoms with Crippen LogP contribution in [0.3, 0.4) is 0 Å². The second-order valence-corrected chi connectivity index (χ2v) is 5.52. The van der Waals surface area contributed by atoms with Crippen LogP contribution < -0.4 is 0 Å². The molecule has 0 aliphatic carbocycles. The Kier molecular flexibility index (Phi) is 5.85. The van der Waals surface area contributed by atoms with E-state index in [0.29, 0.717) is 18.1 Å². The molecule has 0 aromatic rings. The number of allylic oxidation sites excluding steroid dienone is 2. The molecule has 0 spiro atoms. The van der Waals surface area contributed by atoms with Crippen molar-refractivity contribution in [1.82, 2.24) is 0 Å². The number of carbonyl (C=O) groups is 1. The Morgan fingerprint density at radius 3 is 2.27 bits per heavy atom. The van der Waals surface area contributed by atoms with Gasteiger partial charge in [-0.2, -0.15) is 0 Å². The maximum absolute atomic E-state index is 11.8. The second-order valence-electron chi connectivity index (χ2n) is 5.52. The minimum absolute atomic E-state index is 0.195. The molecule has 1 heteroatoms. The number of unbranched alkanes of at least 4 members (excludes halogenated alkanes) is 1. The zero-order valence-corrected chi connectivity index (χ0v) is 11.2. The van der Waals surface area contributed by atoms with Crippen molar-refractivity contribution in [3.05, 3.63) is 11.6 Å². The minimum Gasteiger partial charge on any atom is -0.299 e. The molecule has 0 saturated carbocycles. The largest absolute Gasteiger partial charge is 0.299 e. The number of rotatable bonds is 5. The first-order valence-electron chi connectivity index (χ1n) is 5.99. The summed E-state index contributed by atoms with van der Waals surface area (Å²) in [5.74, 6) is 0.752. The van der Waals surface area contributed by atoms with Gasteiger partial charge in [-0.3, -0.25) is 4.79 Å². The number of carbonyl (C=O) groups excluding carboxylic acids is 1. The first kappa shape index (κ1) is 14.4. The van der Waals surface area contributed by atoms with Crippen LogP contribution in [0.15, 0.2) is 11.6 Å². The van der Waals surface area contributed by atoms with Gasteiger partial charge < -0.3 is 0 Å². The van der Waals surface area contributed by atoms with E-state index in [9.17, 15) is 4.79 Å². The van der Waals surface area contributed by atoms with Gasteiger partial charge >= 0.3 is 0 Å². The molecule has 0 radical (unpaired) electrons. The Bertz CT molecular complexity index is 230. The molecule has 88 valence electrons. The van der Waals surface area contributed by atoms with E-state index < -0.39 is 0 Å². The van der Waals surface area contributed by atoms with E-state index in [1.165, 1.54) is 12.0 Å². The van der Waals surface area contributed by atoms with Crippen molar-refractivity contribution in [2.45, 2.75) is 60.8 Å². The van der Waals surface area contributed by atoms with Crippen LogP contribution in [0.5, 0.6) is 0 Å². The predicted octanol–water partition coefficient (Wildman–Crippen LogP) is 4.37. The van der Waals surface area contributed by atoms with Crippen molar-refractivity contribution in [3.8, 4) is 0 Å². The number of Topliss-reactive ketones (excluding diaryl/α,β-unsaturated/α-hetero) is 1. The van der Waals surface area contributed by atoms with Gasteiger partial charge in [-0.15, -0.1) is 0 Å². The highest BCUT2D eigenvalue weighted by molar-refractivity contribution is 5.84. The van der Waals surface area contributed by atoms with Crippen LogP contribution in [-0.4, -0.2) is 5.78 Å². The standard InChI is InChI=1S/C14H26O/c1-7-8-9-11(2)12(3)10-13(15)14(4,5)6/h9,12H,7-8,10H2,1-6H3/b11-9+. The molecule has 0 saturated heterocycles. The third-order valence-electron chi connectivity index (χ3n) is 2.86. The fourth-order valence-corrected chi connectivity index (χ4v) is 1.32. The fourth-order valence-electron chi connectivity index (χ4n) is 1.32. The summed E-state index contributed by atoms with van der Waals surface area (Å²) in [6.45, 7) is 12.4. The summed E-state index contributed by atoms with van der Waals surface area (Å²) in [5, 5.41) is 0. The van der Waals surface area contributed by atoms with Crippen LogP contribution in [-0.2, 0) is 4.79 Å². The molecule has 0 aromatic carbocycles. The zero-order valence-electron chi connectivity index (χ0n) is 11.2. The van der Waals surface area contributed by atoms with Gasteiger partial charge in [0.1, 0.15) is 5.78 Å². The minimum atomic E-state index is -0.195. The van der Waals surface area contributed by atoms with Gasteiger partial charge in [0.25, 0.3) is 0 Å². The maximum Gasteiger partial charge on any atom is 0.138 e. The Balaban J connectivity index is 4.25. The van der Waals surface area contributed by atoms with E-state index in [2.05, 4.69) is 26.8 Å². The first-order valence-corrected chi connectivity index (χ1v) is 5.99. The molecular formula is C14H26O. The lowest BCUT2D eigenvalue weighted by Crippen LogP contribution is -2.22. The maximum atomic E-state index is 11.8. The molecule has 0 N–H and O–H groups in total. The monoisotopic (exact) mass is 210 g/mol. The molecule has 0 aliphatic heterocycles. The van der Waals surface area contributed by atoms with E-state index in [1.54, 1.807) is 0 Å². The topological polar surface area (TPSA) is 17.1 Å². The van der Waals surface area contributed by atoms with Crippen LogP contribution >= 0.6 is 0 Å². The average Bonchev–Trinajstić information content (AvgIpc) is 2.12. The molecule has 0 bridgehead atoms. The van der Waals surface area contributed by atoms with Gasteiger partial charge in [0, 0.05) is 11.8 Å². The van der Waals surface area contributed by atoms with E-state index >= 15 is 0 Å². The third-order valence-corrected chi connectivity index (χ3v) is 2.86. The lowest BCUT2D eigenvalue weighted by atomic mass is 9.83. The summed E-state index contributed by atoms with van der Waals surface area (Å²) in [5.41, 5.74) is 1.16. The quantitative estimate of drug-likeness (QED) is 0.616. The van der Waals surface area contributed by atoms with E-state index in [0.717, 1.165) is 6.42 Å². The summed E-state index contributed by atoms with van der Waals surface area (Å²) >= 11 is 0. The van der Waals surface area contributed by atoms with Gasteiger partial charge in [0.15, 0.2) is 0 Å². The molecular weight excluding hydrogens is 184 g/mol. The van der Waals surface area contributed by atoms with Gasteiger partial charge in [-0.25, -0.2) is 0 Å². The molecule has 1 atom stereocenters. The Morgan fingerprint density at radius 2 is 1.87 bits per heavy atom. The third kappa shape index (κ3) is 5.76. The molecule has 0 fully saturated rings. The highest BCUT2D eigenvalue weighted by atomic mass is 16.1. The van der Waals surface area contributed by atoms with Crippen molar-refractivity contribution in [1.29, 1.82) is 0 Å². The lowest BCUT2D eigenvalue weighted by Gasteiger charge is -2.20. The van der Waals surface area contributed by atoms with Crippen molar-refractivity contribution >= 4 is 5.78 Å². The summed E-state index contributed by atoms with van der Waals surface area (Å²) in [7, 11) is 0. The van der Waals surface area contributed by atoms with Gasteiger partial charge in [-0.1, -0.05) is 52.7 Å².